The van der Waals surface area contributed by atoms with Crippen molar-refractivity contribution in [2.45, 2.75) is 110 Å². The topological polar surface area (TPSA) is 37.3 Å². The molecule has 1 N–H and O–H groups in total. The minimum atomic E-state index is -0.653. The Kier molecular flexibility index (Phi) is 50.3. The number of hydrogen-bond donors (Lipinski definition) is 1. The molecule has 0 aromatic heterocycles. The molecule has 0 aliphatic rings. The second-order valence-electron chi connectivity index (χ2n) is 6.09. The SMILES string of the molecule is CCCCCCCCCCCCCCCCCC(=O)O.[Ca+2].[Cl-].[Cl-].[H-].[H-].[Mg+2]. The van der Waals surface area contributed by atoms with Gasteiger partial charge in [0.05, 0.1) is 0 Å². The van der Waals surface area contributed by atoms with Gasteiger partial charge in [-0.05, 0) is 6.42 Å². The number of aliphatic carboxylic acids is 1. The van der Waals surface area contributed by atoms with E-state index in [-0.39, 0.29) is 88.5 Å². The molecule has 2 nitrogen and oxygen atoms in total. The molecular formula is C18H38CaCl2MgO2. The predicted octanol–water partition coefficient (Wildman–Crippen LogP) is -0.196. The van der Waals surface area contributed by atoms with Gasteiger partial charge in [-0.1, -0.05) is 96.8 Å². The Bertz CT molecular complexity index is 233. The normalized spacial score (nSPS) is 9.04. The first kappa shape index (κ1) is 36.9. The molecule has 0 unspecified atom stereocenters. The standard InChI is InChI=1S/C18H36O2.Ca.2ClH.Mg.2H/c1-2-3-4-5-6-7-8-9-10-11-12-13-14-15-16-17-18(19)20;;;;;;/h2-17H2,1H3,(H,19,20);;2*1H;;;/q;+2;;;+2;2*-1/p-2. The van der Waals surface area contributed by atoms with Crippen LogP contribution in [0.4, 0.5) is 0 Å². The van der Waals surface area contributed by atoms with Gasteiger partial charge >= 0.3 is 66.8 Å². The molecule has 0 saturated carbocycles. The Labute approximate surface area is 212 Å². The molecule has 0 spiro atoms. The summed E-state index contributed by atoms with van der Waals surface area (Å²) in [4.78, 5) is 10.3. The first-order chi connectivity index (χ1) is 9.77. The third-order valence-corrected chi connectivity index (χ3v) is 3.99. The van der Waals surface area contributed by atoms with Crippen LogP contribution in [-0.4, -0.2) is 71.9 Å². The summed E-state index contributed by atoms with van der Waals surface area (Å²) in [7, 11) is 0. The van der Waals surface area contributed by atoms with E-state index in [2.05, 4.69) is 6.92 Å². The van der Waals surface area contributed by atoms with Gasteiger partial charge in [0.2, 0.25) is 0 Å². The molecule has 0 bridgehead atoms. The molecule has 0 rings (SSSR count). The van der Waals surface area contributed by atoms with E-state index in [1.807, 2.05) is 0 Å². The predicted molar refractivity (Wildman–Crippen MR) is 101 cm³/mol. The minimum Gasteiger partial charge on any atom is -1.00 e. The first-order valence-electron chi connectivity index (χ1n) is 8.99. The van der Waals surface area contributed by atoms with E-state index in [9.17, 15) is 4.79 Å². The van der Waals surface area contributed by atoms with Gasteiger partial charge in [-0.15, -0.1) is 0 Å². The van der Waals surface area contributed by atoms with Gasteiger partial charge in [-0.3, -0.25) is 4.79 Å². The second-order valence-corrected chi connectivity index (χ2v) is 6.09. The zero-order valence-corrected chi connectivity index (χ0v) is 21.0. The van der Waals surface area contributed by atoms with Crippen molar-refractivity contribution in [3.63, 3.8) is 0 Å². The van der Waals surface area contributed by atoms with E-state index in [1.54, 1.807) is 0 Å². The fraction of sp³-hybridized carbons (Fsp3) is 0.944. The molecule has 140 valence electrons. The van der Waals surface area contributed by atoms with Gasteiger partial charge in [-0.2, -0.15) is 0 Å². The van der Waals surface area contributed by atoms with Crippen LogP contribution < -0.4 is 24.8 Å². The maximum Gasteiger partial charge on any atom is 2.00 e. The van der Waals surface area contributed by atoms with Gasteiger partial charge in [-0.25, -0.2) is 0 Å². The monoisotopic (exact) mass is 420 g/mol. The Balaban J connectivity index is -0.000000120. The Hall–Kier alpha value is 2.08. The van der Waals surface area contributed by atoms with Crippen LogP contribution >= 0.6 is 0 Å². The Morgan fingerprint density at radius 3 is 1.17 bits per heavy atom. The van der Waals surface area contributed by atoms with Crippen molar-refractivity contribution in [3.8, 4) is 0 Å². The molecule has 0 aliphatic heterocycles. The van der Waals surface area contributed by atoms with Gasteiger partial charge in [0.25, 0.3) is 0 Å². The number of carboxylic acids is 1. The smallest absolute Gasteiger partial charge is 1.00 e. The molecule has 0 aromatic carbocycles. The Morgan fingerprint density at radius 1 is 0.667 bits per heavy atom. The summed E-state index contributed by atoms with van der Waals surface area (Å²) in [6, 6.07) is 0. The van der Waals surface area contributed by atoms with Crippen LogP contribution in [0.5, 0.6) is 0 Å². The van der Waals surface area contributed by atoms with E-state index in [0.717, 1.165) is 12.8 Å². The van der Waals surface area contributed by atoms with E-state index < -0.39 is 5.97 Å². The summed E-state index contributed by atoms with van der Waals surface area (Å²) < 4.78 is 0. The summed E-state index contributed by atoms with van der Waals surface area (Å²) in [5.41, 5.74) is 0. The van der Waals surface area contributed by atoms with Crippen molar-refractivity contribution in [3.05, 3.63) is 0 Å². The van der Waals surface area contributed by atoms with E-state index in [4.69, 9.17) is 5.11 Å². The minimum absolute atomic E-state index is 0. The third-order valence-electron chi connectivity index (χ3n) is 3.99. The summed E-state index contributed by atoms with van der Waals surface area (Å²) in [5, 5.41) is 8.52. The van der Waals surface area contributed by atoms with Crippen molar-refractivity contribution in [1.82, 2.24) is 0 Å². The average Bonchev–Trinajstić information content (AvgIpc) is 2.43. The number of unbranched alkanes of at least 4 members (excludes halogenated alkanes) is 14. The molecule has 0 atom stereocenters. The van der Waals surface area contributed by atoms with E-state index in [1.165, 1.54) is 83.5 Å². The number of carboxylic acid groups (broad SMARTS) is 1. The largest absolute Gasteiger partial charge is 2.00 e. The summed E-state index contributed by atoms with van der Waals surface area (Å²) in [6.07, 6.45) is 20.2. The van der Waals surface area contributed by atoms with Crippen LogP contribution in [0.25, 0.3) is 0 Å². The number of hydrogen-bond acceptors (Lipinski definition) is 1. The zero-order chi connectivity index (χ0) is 14.9. The summed E-state index contributed by atoms with van der Waals surface area (Å²) >= 11 is 0. The van der Waals surface area contributed by atoms with E-state index >= 15 is 0 Å². The molecule has 6 heteroatoms. The van der Waals surface area contributed by atoms with Gasteiger partial charge in [0.15, 0.2) is 0 Å². The molecule has 24 heavy (non-hydrogen) atoms. The summed E-state index contributed by atoms with van der Waals surface area (Å²) in [6.45, 7) is 2.27. The quantitative estimate of drug-likeness (QED) is 0.277. The van der Waals surface area contributed by atoms with Crippen LogP contribution in [0.15, 0.2) is 0 Å². The fourth-order valence-electron chi connectivity index (χ4n) is 2.65. The third kappa shape index (κ3) is 35.2. The van der Waals surface area contributed by atoms with Crippen molar-refractivity contribution in [2.75, 3.05) is 0 Å². The number of rotatable bonds is 16. The molecule has 0 heterocycles. The van der Waals surface area contributed by atoms with Crippen molar-refractivity contribution in [1.29, 1.82) is 0 Å². The first-order valence-corrected chi connectivity index (χ1v) is 8.99. The molecule has 0 saturated heterocycles. The van der Waals surface area contributed by atoms with Gasteiger partial charge in [0, 0.05) is 6.42 Å². The molecule has 0 aromatic rings. The van der Waals surface area contributed by atoms with Crippen LogP contribution in [0.3, 0.4) is 0 Å². The van der Waals surface area contributed by atoms with Crippen LogP contribution in [0.1, 0.15) is 113 Å². The maximum atomic E-state index is 10.3. The molecule has 0 aliphatic carbocycles. The van der Waals surface area contributed by atoms with Crippen molar-refractivity contribution < 1.29 is 37.6 Å². The van der Waals surface area contributed by atoms with Crippen LogP contribution in [0, 0.1) is 0 Å². The maximum absolute atomic E-state index is 10.3. The zero-order valence-electron chi connectivity index (χ0n) is 17.8. The number of halogens is 2. The second kappa shape index (κ2) is 32.7. The Morgan fingerprint density at radius 2 is 0.917 bits per heavy atom. The van der Waals surface area contributed by atoms with Crippen molar-refractivity contribution >= 4 is 66.8 Å². The van der Waals surface area contributed by atoms with Crippen LogP contribution in [0.2, 0.25) is 0 Å². The van der Waals surface area contributed by atoms with E-state index in [0.29, 0.717) is 6.42 Å². The molecule has 0 fully saturated rings. The molecule has 0 radical (unpaired) electrons. The number of carbonyl (C=O) groups is 1. The van der Waals surface area contributed by atoms with Gasteiger partial charge in [0.1, 0.15) is 0 Å². The molecular weight excluding hydrogens is 383 g/mol. The fourth-order valence-corrected chi connectivity index (χ4v) is 2.65. The average molecular weight is 422 g/mol. The van der Waals surface area contributed by atoms with Crippen LogP contribution in [-0.2, 0) is 4.79 Å². The summed E-state index contributed by atoms with van der Waals surface area (Å²) in [5.74, 6) is -0.653. The van der Waals surface area contributed by atoms with Gasteiger partial charge < -0.3 is 32.8 Å². The van der Waals surface area contributed by atoms with Crippen molar-refractivity contribution in [2.24, 2.45) is 0 Å². The molecule has 0 amide bonds.